The molecule has 0 radical (unpaired) electrons. The molecule has 4 aromatic rings. The Morgan fingerprint density at radius 1 is 0.895 bits per heavy atom. The van der Waals surface area contributed by atoms with E-state index in [0.717, 1.165) is 52.1 Å². The highest BCUT2D eigenvalue weighted by molar-refractivity contribution is 6.06. The molecule has 6 heteroatoms. The molecule has 0 spiro atoms. The van der Waals surface area contributed by atoms with Crippen LogP contribution >= 0.6 is 0 Å². The molecule has 6 nitrogen and oxygen atoms in total. The van der Waals surface area contributed by atoms with E-state index < -0.39 is 5.92 Å². The van der Waals surface area contributed by atoms with Crippen molar-refractivity contribution in [2.75, 3.05) is 7.05 Å². The minimum absolute atomic E-state index is 0.169. The topological polar surface area (TPSA) is 74.9 Å². The molecule has 1 aromatic heterocycles. The summed E-state index contributed by atoms with van der Waals surface area (Å²) >= 11 is 0. The molecular formula is C32H31N3O3. The molecule has 3 aromatic carbocycles. The number of hydrogen-bond acceptors (Lipinski definition) is 4. The molecule has 5 rings (SSSR count). The fraction of sp³-hybridized carbons (Fsp3) is 0.219. The Bertz CT molecular complexity index is 1400. The van der Waals surface area contributed by atoms with Crippen LogP contribution in [0.2, 0.25) is 0 Å². The maximum atomic E-state index is 13.5. The predicted octanol–water partition coefficient (Wildman–Crippen LogP) is 5.85. The van der Waals surface area contributed by atoms with Crippen LogP contribution in [-0.2, 0) is 17.8 Å². The zero-order chi connectivity index (χ0) is 26.5. The van der Waals surface area contributed by atoms with Gasteiger partial charge in [-0.3, -0.25) is 9.59 Å². The van der Waals surface area contributed by atoms with Gasteiger partial charge in [0.15, 0.2) is 5.76 Å². The van der Waals surface area contributed by atoms with E-state index in [9.17, 15) is 9.59 Å². The van der Waals surface area contributed by atoms with E-state index in [1.54, 1.807) is 11.9 Å². The minimum atomic E-state index is -0.487. The first-order valence-corrected chi connectivity index (χ1v) is 12.9. The van der Waals surface area contributed by atoms with Gasteiger partial charge in [-0.1, -0.05) is 91.0 Å². The molecule has 0 aliphatic heterocycles. The second kappa shape index (κ2) is 11.3. The van der Waals surface area contributed by atoms with Crippen LogP contribution in [0.15, 0.2) is 101 Å². The van der Waals surface area contributed by atoms with Gasteiger partial charge in [-0.05, 0) is 36.5 Å². The number of nitrogens with zero attached hydrogens (tertiary/aromatic N) is 2. The fourth-order valence-corrected chi connectivity index (χ4v) is 5.06. The van der Waals surface area contributed by atoms with Crippen LogP contribution in [0.25, 0.3) is 0 Å². The van der Waals surface area contributed by atoms with E-state index >= 15 is 0 Å². The van der Waals surface area contributed by atoms with Gasteiger partial charge in [0.2, 0.25) is 0 Å². The van der Waals surface area contributed by atoms with Gasteiger partial charge in [0.1, 0.15) is 5.76 Å². The Kier molecular flexibility index (Phi) is 7.50. The summed E-state index contributed by atoms with van der Waals surface area (Å²) in [5, 5.41) is 4.57. The average Bonchev–Trinajstić information content (AvgIpc) is 3.30. The number of aryl methyl sites for hydroxylation is 1. The van der Waals surface area contributed by atoms with Gasteiger partial charge in [0, 0.05) is 31.1 Å². The third-order valence-corrected chi connectivity index (χ3v) is 6.96. The van der Waals surface area contributed by atoms with Crippen molar-refractivity contribution in [1.82, 2.24) is 10.3 Å². The highest BCUT2D eigenvalue weighted by Gasteiger charge is 2.30. The van der Waals surface area contributed by atoms with Gasteiger partial charge in [-0.2, -0.15) is 5.10 Å². The third kappa shape index (κ3) is 5.30. The Balaban J connectivity index is 1.39. The average molecular weight is 506 g/mol. The van der Waals surface area contributed by atoms with Crippen LogP contribution in [0.3, 0.4) is 0 Å². The summed E-state index contributed by atoms with van der Waals surface area (Å²) in [6, 6.07) is 29.3. The second-order valence-electron chi connectivity index (χ2n) is 9.64. The van der Waals surface area contributed by atoms with E-state index in [1.807, 2.05) is 97.9 Å². The largest absolute Gasteiger partial charge is 0.455 e. The summed E-state index contributed by atoms with van der Waals surface area (Å²) < 4.78 is 6.10. The summed E-state index contributed by atoms with van der Waals surface area (Å²) in [5.74, 6) is 0.222. The lowest BCUT2D eigenvalue weighted by Gasteiger charge is -2.18. The Morgan fingerprint density at radius 3 is 2.08 bits per heavy atom. The Hall–Kier alpha value is -4.45. The second-order valence-corrected chi connectivity index (χ2v) is 9.64. The van der Waals surface area contributed by atoms with Crippen LogP contribution in [0, 0.1) is 6.92 Å². The van der Waals surface area contributed by atoms with Gasteiger partial charge in [-0.15, -0.1) is 0 Å². The van der Waals surface area contributed by atoms with Crippen molar-refractivity contribution in [3.8, 4) is 0 Å². The number of carbonyl (C=O) groups excluding carboxylic acids is 2. The number of benzene rings is 3. The van der Waals surface area contributed by atoms with Crippen LogP contribution in [0.5, 0.6) is 0 Å². The number of nitrogens with one attached hydrogen (secondary N) is 1. The zero-order valence-electron chi connectivity index (χ0n) is 21.7. The molecule has 0 fully saturated rings. The molecule has 0 atom stereocenters. The first-order chi connectivity index (χ1) is 18.5. The molecule has 1 heterocycles. The molecule has 0 saturated heterocycles. The molecule has 38 heavy (non-hydrogen) atoms. The standard InChI is InChI=1S/C32H31N3O3/c1-22-28-26(33-34-31(36)29(24-15-8-4-9-16-24)25-17-10-5-11-18-25)19-12-20-27(28)38-30(22)32(37)35(2)21-23-13-6-3-7-14-23/h3-11,13-18,29H,12,19-21H2,1-2H3,(H,34,36)/b33-26+. The van der Waals surface area contributed by atoms with E-state index in [-0.39, 0.29) is 11.8 Å². The van der Waals surface area contributed by atoms with Crippen molar-refractivity contribution in [2.24, 2.45) is 5.10 Å². The third-order valence-electron chi connectivity index (χ3n) is 6.96. The van der Waals surface area contributed by atoms with Crippen molar-refractivity contribution < 1.29 is 14.0 Å². The van der Waals surface area contributed by atoms with Crippen LogP contribution < -0.4 is 5.43 Å². The maximum absolute atomic E-state index is 13.5. The maximum Gasteiger partial charge on any atom is 0.289 e. The van der Waals surface area contributed by atoms with E-state index in [1.165, 1.54) is 0 Å². The lowest BCUT2D eigenvalue weighted by molar-refractivity contribution is -0.121. The number of hydrogen-bond donors (Lipinski definition) is 1. The van der Waals surface area contributed by atoms with Gasteiger partial charge in [0.25, 0.3) is 11.8 Å². The zero-order valence-corrected chi connectivity index (χ0v) is 21.7. The number of amides is 2. The van der Waals surface area contributed by atoms with E-state index in [2.05, 4.69) is 10.5 Å². The van der Waals surface area contributed by atoms with E-state index in [4.69, 9.17) is 4.42 Å². The van der Waals surface area contributed by atoms with Gasteiger partial charge >= 0.3 is 0 Å². The molecule has 192 valence electrons. The van der Waals surface area contributed by atoms with Crippen molar-refractivity contribution >= 4 is 17.5 Å². The monoisotopic (exact) mass is 505 g/mol. The predicted molar refractivity (Wildman–Crippen MR) is 148 cm³/mol. The molecule has 2 amide bonds. The molecule has 1 N–H and O–H groups in total. The van der Waals surface area contributed by atoms with Gasteiger partial charge in [0.05, 0.1) is 11.6 Å². The quantitative estimate of drug-likeness (QED) is 0.320. The van der Waals surface area contributed by atoms with Crippen LogP contribution in [0.1, 0.15) is 62.9 Å². The number of hydrazone groups is 1. The summed E-state index contributed by atoms with van der Waals surface area (Å²) in [6.07, 6.45) is 2.26. The summed E-state index contributed by atoms with van der Waals surface area (Å²) in [7, 11) is 1.78. The summed E-state index contributed by atoms with van der Waals surface area (Å²) in [4.78, 5) is 28.4. The lowest BCUT2D eigenvalue weighted by Crippen LogP contribution is -2.28. The molecule has 1 aliphatic rings. The van der Waals surface area contributed by atoms with Crippen molar-refractivity contribution in [1.29, 1.82) is 0 Å². The van der Waals surface area contributed by atoms with Gasteiger partial charge < -0.3 is 9.32 Å². The molecule has 0 saturated carbocycles. The Labute approximate surface area is 223 Å². The first kappa shape index (κ1) is 25.2. The van der Waals surface area contributed by atoms with Gasteiger partial charge in [-0.25, -0.2) is 5.43 Å². The highest BCUT2D eigenvalue weighted by Crippen LogP contribution is 2.31. The number of rotatable bonds is 7. The van der Waals surface area contributed by atoms with Crippen molar-refractivity contribution in [3.05, 3.63) is 130 Å². The van der Waals surface area contributed by atoms with Crippen LogP contribution in [-0.4, -0.2) is 29.5 Å². The minimum Gasteiger partial charge on any atom is -0.455 e. The summed E-state index contributed by atoms with van der Waals surface area (Å²) in [5.41, 5.74) is 8.01. The molecule has 0 unspecified atom stereocenters. The SMILES string of the molecule is Cc1c(C(=O)N(C)Cc2ccccc2)oc2c1/C(=N/NC(=O)C(c1ccccc1)c1ccccc1)CCC2. The highest BCUT2D eigenvalue weighted by atomic mass is 16.4. The molecular weight excluding hydrogens is 474 g/mol. The molecule has 1 aliphatic carbocycles. The number of carbonyl (C=O) groups is 2. The number of furan rings is 1. The Morgan fingerprint density at radius 2 is 1.47 bits per heavy atom. The first-order valence-electron chi connectivity index (χ1n) is 12.9. The number of fused-ring (bicyclic) bond motifs is 1. The normalized spacial score (nSPS) is 13.8. The van der Waals surface area contributed by atoms with E-state index in [0.29, 0.717) is 18.7 Å². The molecule has 0 bridgehead atoms. The van der Waals surface area contributed by atoms with Crippen LogP contribution in [0.4, 0.5) is 0 Å². The smallest absolute Gasteiger partial charge is 0.289 e. The van der Waals surface area contributed by atoms with Crippen molar-refractivity contribution in [2.45, 2.75) is 38.6 Å². The lowest BCUT2D eigenvalue weighted by atomic mass is 9.90. The fourth-order valence-electron chi connectivity index (χ4n) is 5.06. The summed E-state index contributed by atoms with van der Waals surface area (Å²) in [6.45, 7) is 2.38. The van der Waals surface area contributed by atoms with Crippen molar-refractivity contribution in [3.63, 3.8) is 0 Å².